The van der Waals surface area contributed by atoms with Gasteiger partial charge in [0.05, 0.1) is 12.5 Å². The van der Waals surface area contributed by atoms with E-state index in [-0.39, 0.29) is 36.4 Å². The first kappa shape index (κ1) is 19.0. The molecular weight excluding hydrogens is 350 g/mol. The number of fused-ring (bicyclic) bond motifs is 1. The van der Waals surface area contributed by atoms with Gasteiger partial charge in [0.1, 0.15) is 11.6 Å². The van der Waals surface area contributed by atoms with Gasteiger partial charge in [-0.15, -0.1) is 0 Å². The van der Waals surface area contributed by atoms with E-state index < -0.39 is 11.6 Å². The number of hydrogen-bond donors (Lipinski definition) is 0. The lowest BCUT2D eigenvalue weighted by Gasteiger charge is -2.37. The Morgan fingerprint density at radius 3 is 2.63 bits per heavy atom. The van der Waals surface area contributed by atoms with E-state index in [0.717, 1.165) is 23.6 Å². The first-order chi connectivity index (χ1) is 12.9. The van der Waals surface area contributed by atoms with Crippen LogP contribution in [0, 0.1) is 11.6 Å². The van der Waals surface area contributed by atoms with Crippen LogP contribution in [-0.2, 0) is 22.6 Å². The van der Waals surface area contributed by atoms with Crippen LogP contribution in [0.4, 0.5) is 8.78 Å². The van der Waals surface area contributed by atoms with Gasteiger partial charge in [0.2, 0.25) is 11.8 Å². The lowest BCUT2D eigenvalue weighted by Crippen LogP contribution is -2.41. The van der Waals surface area contributed by atoms with Crippen LogP contribution >= 0.6 is 0 Å². The molecule has 2 amide bonds. The zero-order valence-electron chi connectivity index (χ0n) is 15.4. The van der Waals surface area contributed by atoms with Crippen LogP contribution in [0.2, 0.25) is 0 Å². The van der Waals surface area contributed by atoms with E-state index >= 15 is 0 Å². The highest BCUT2D eigenvalue weighted by molar-refractivity contribution is 5.79. The van der Waals surface area contributed by atoms with E-state index in [4.69, 9.17) is 0 Å². The second kappa shape index (κ2) is 7.86. The standard InChI is InChI=1S/C21H22F2N2O2/c1-14(26)25-10-9-15-5-3-4-6-18(15)20(25)12-21(27)24(2)13-16-7-8-17(22)11-19(16)23/h3-8,11,20H,9-10,12-13H2,1-2H3. The molecule has 0 bridgehead atoms. The number of carbonyl (C=O) groups is 2. The summed E-state index contributed by atoms with van der Waals surface area (Å²) in [6, 6.07) is 10.8. The molecule has 0 N–H and O–H groups in total. The van der Waals surface area contributed by atoms with Gasteiger partial charge in [-0.1, -0.05) is 30.3 Å². The Morgan fingerprint density at radius 1 is 1.19 bits per heavy atom. The number of nitrogens with zero attached hydrogens (tertiary/aromatic N) is 2. The molecule has 0 aromatic heterocycles. The van der Waals surface area contributed by atoms with Crippen molar-refractivity contribution in [3.63, 3.8) is 0 Å². The van der Waals surface area contributed by atoms with Crippen molar-refractivity contribution in [2.24, 2.45) is 0 Å². The van der Waals surface area contributed by atoms with Gasteiger partial charge in [0, 0.05) is 38.7 Å². The molecule has 2 aromatic carbocycles. The molecule has 2 aromatic rings. The van der Waals surface area contributed by atoms with Gasteiger partial charge in [-0.3, -0.25) is 9.59 Å². The number of amides is 2. The summed E-state index contributed by atoms with van der Waals surface area (Å²) >= 11 is 0. The molecule has 27 heavy (non-hydrogen) atoms. The first-order valence-corrected chi connectivity index (χ1v) is 8.89. The van der Waals surface area contributed by atoms with E-state index in [1.54, 1.807) is 11.9 Å². The molecule has 1 aliphatic heterocycles. The Labute approximate surface area is 157 Å². The summed E-state index contributed by atoms with van der Waals surface area (Å²) in [6.07, 6.45) is 0.882. The Bertz CT molecular complexity index is 869. The van der Waals surface area contributed by atoms with E-state index in [1.165, 1.54) is 24.0 Å². The maximum atomic E-state index is 13.9. The Hall–Kier alpha value is -2.76. The number of carbonyl (C=O) groups excluding carboxylic acids is 2. The summed E-state index contributed by atoms with van der Waals surface area (Å²) in [5.74, 6) is -1.61. The second-order valence-corrected chi connectivity index (χ2v) is 6.87. The quantitative estimate of drug-likeness (QED) is 0.825. The van der Waals surface area contributed by atoms with Crippen LogP contribution in [-0.4, -0.2) is 35.2 Å². The molecule has 1 atom stereocenters. The van der Waals surface area contributed by atoms with Crippen molar-refractivity contribution in [3.8, 4) is 0 Å². The van der Waals surface area contributed by atoms with Crippen LogP contribution in [0.3, 0.4) is 0 Å². The van der Waals surface area contributed by atoms with Crippen molar-refractivity contribution >= 4 is 11.8 Å². The van der Waals surface area contributed by atoms with Gasteiger partial charge in [-0.2, -0.15) is 0 Å². The predicted molar refractivity (Wildman–Crippen MR) is 97.7 cm³/mol. The molecule has 0 spiro atoms. The second-order valence-electron chi connectivity index (χ2n) is 6.87. The summed E-state index contributed by atoms with van der Waals surface area (Å²) < 4.78 is 26.9. The molecule has 1 heterocycles. The van der Waals surface area contributed by atoms with Gasteiger partial charge in [-0.05, 0) is 23.6 Å². The normalized spacial score (nSPS) is 16.0. The highest BCUT2D eigenvalue weighted by Crippen LogP contribution is 2.32. The summed E-state index contributed by atoms with van der Waals surface area (Å²) in [7, 11) is 1.58. The minimum atomic E-state index is -0.678. The summed E-state index contributed by atoms with van der Waals surface area (Å²) in [6.45, 7) is 2.11. The largest absolute Gasteiger partial charge is 0.341 e. The molecule has 4 nitrogen and oxygen atoms in total. The third kappa shape index (κ3) is 4.15. The monoisotopic (exact) mass is 372 g/mol. The lowest BCUT2D eigenvalue weighted by molar-refractivity contribution is -0.136. The van der Waals surface area contributed by atoms with E-state index in [1.807, 2.05) is 24.3 Å². The Balaban J connectivity index is 1.77. The Morgan fingerprint density at radius 2 is 1.93 bits per heavy atom. The molecule has 0 radical (unpaired) electrons. The van der Waals surface area contributed by atoms with Crippen LogP contribution < -0.4 is 0 Å². The number of rotatable bonds is 4. The van der Waals surface area contributed by atoms with Crippen LogP contribution in [0.15, 0.2) is 42.5 Å². The smallest absolute Gasteiger partial charge is 0.225 e. The van der Waals surface area contributed by atoms with Crippen molar-refractivity contribution in [2.75, 3.05) is 13.6 Å². The van der Waals surface area contributed by atoms with Crippen molar-refractivity contribution in [2.45, 2.75) is 32.4 Å². The van der Waals surface area contributed by atoms with Gasteiger partial charge < -0.3 is 9.80 Å². The zero-order valence-corrected chi connectivity index (χ0v) is 15.4. The maximum Gasteiger partial charge on any atom is 0.225 e. The molecular formula is C21H22F2N2O2. The average molecular weight is 372 g/mol. The molecule has 0 fully saturated rings. The third-order valence-electron chi connectivity index (χ3n) is 5.03. The summed E-state index contributed by atoms with van der Waals surface area (Å²) in [4.78, 5) is 27.9. The molecule has 1 aliphatic rings. The van der Waals surface area contributed by atoms with Crippen molar-refractivity contribution in [3.05, 3.63) is 70.8 Å². The fraction of sp³-hybridized carbons (Fsp3) is 0.333. The highest BCUT2D eigenvalue weighted by atomic mass is 19.1. The fourth-order valence-electron chi connectivity index (χ4n) is 3.56. The molecule has 142 valence electrons. The number of hydrogen-bond acceptors (Lipinski definition) is 2. The molecule has 3 rings (SSSR count). The molecule has 6 heteroatoms. The number of benzene rings is 2. The van der Waals surface area contributed by atoms with E-state index in [2.05, 4.69) is 0 Å². The topological polar surface area (TPSA) is 40.6 Å². The van der Waals surface area contributed by atoms with Crippen LogP contribution in [0.5, 0.6) is 0 Å². The maximum absolute atomic E-state index is 13.9. The van der Waals surface area contributed by atoms with Crippen LogP contribution in [0.1, 0.15) is 36.1 Å². The fourth-order valence-corrected chi connectivity index (χ4v) is 3.56. The minimum absolute atomic E-state index is 0.0411. The third-order valence-corrected chi connectivity index (χ3v) is 5.03. The van der Waals surface area contributed by atoms with Gasteiger partial charge in [0.15, 0.2) is 0 Å². The van der Waals surface area contributed by atoms with Crippen molar-refractivity contribution in [1.82, 2.24) is 9.80 Å². The molecule has 0 saturated heterocycles. The number of halogens is 2. The SMILES string of the molecule is CC(=O)N1CCc2ccccc2C1CC(=O)N(C)Cc1ccc(F)cc1F. The minimum Gasteiger partial charge on any atom is -0.341 e. The van der Waals surface area contributed by atoms with Crippen LogP contribution in [0.25, 0.3) is 0 Å². The Kier molecular flexibility index (Phi) is 5.54. The van der Waals surface area contributed by atoms with Gasteiger partial charge in [0.25, 0.3) is 0 Å². The lowest BCUT2D eigenvalue weighted by atomic mass is 9.90. The predicted octanol–water partition coefficient (Wildman–Crippen LogP) is 3.46. The van der Waals surface area contributed by atoms with E-state index in [0.29, 0.717) is 6.54 Å². The average Bonchev–Trinajstić information content (AvgIpc) is 2.63. The first-order valence-electron chi connectivity index (χ1n) is 8.89. The van der Waals surface area contributed by atoms with E-state index in [9.17, 15) is 18.4 Å². The molecule has 0 aliphatic carbocycles. The highest BCUT2D eigenvalue weighted by Gasteiger charge is 2.31. The van der Waals surface area contributed by atoms with Crippen molar-refractivity contribution < 1.29 is 18.4 Å². The molecule has 1 unspecified atom stereocenters. The molecule has 0 saturated carbocycles. The summed E-state index contributed by atoms with van der Waals surface area (Å²) in [5, 5.41) is 0. The van der Waals surface area contributed by atoms with Crippen molar-refractivity contribution in [1.29, 1.82) is 0 Å². The van der Waals surface area contributed by atoms with Gasteiger partial charge >= 0.3 is 0 Å². The van der Waals surface area contributed by atoms with Gasteiger partial charge in [-0.25, -0.2) is 8.78 Å². The summed E-state index contributed by atoms with van der Waals surface area (Å²) in [5.41, 5.74) is 2.37. The zero-order chi connectivity index (χ0) is 19.6.